The van der Waals surface area contributed by atoms with Crippen molar-refractivity contribution in [1.29, 1.82) is 0 Å². The van der Waals surface area contributed by atoms with Gasteiger partial charge in [-0.1, -0.05) is 19.9 Å². The first-order valence-corrected chi connectivity index (χ1v) is 13.3. The van der Waals surface area contributed by atoms with E-state index in [0.717, 1.165) is 0 Å². The molecule has 188 valence electrons. The van der Waals surface area contributed by atoms with Gasteiger partial charge in [-0.25, -0.2) is 22.6 Å². The molecule has 1 unspecified atom stereocenters. The molecule has 10 nitrogen and oxygen atoms in total. The minimum Gasteiger partial charge on any atom is -0.447 e. The van der Waals surface area contributed by atoms with Crippen LogP contribution >= 0.6 is 0 Å². The van der Waals surface area contributed by atoms with E-state index in [1.54, 1.807) is 12.1 Å². The van der Waals surface area contributed by atoms with Crippen molar-refractivity contribution < 1.29 is 27.1 Å². The van der Waals surface area contributed by atoms with Crippen molar-refractivity contribution in [3.05, 3.63) is 47.4 Å². The van der Waals surface area contributed by atoms with Crippen molar-refractivity contribution in [2.24, 2.45) is 5.92 Å². The van der Waals surface area contributed by atoms with Gasteiger partial charge >= 0.3 is 6.09 Å². The molecule has 4 rings (SSSR count). The van der Waals surface area contributed by atoms with E-state index in [2.05, 4.69) is 20.6 Å². The van der Waals surface area contributed by atoms with Crippen LogP contribution in [0.1, 0.15) is 42.6 Å². The van der Waals surface area contributed by atoms with E-state index in [0.29, 0.717) is 30.8 Å². The Kier molecular flexibility index (Phi) is 7.20. The Morgan fingerprint density at radius 3 is 2.69 bits per heavy atom. The molecule has 1 atom stereocenters. The predicted molar refractivity (Wildman–Crippen MR) is 127 cm³/mol. The van der Waals surface area contributed by atoms with Crippen LogP contribution < -0.4 is 15.5 Å². The third kappa shape index (κ3) is 5.87. The number of carbonyl (C=O) groups excluding carboxylic acids is 2. The number of anilines is 2. The first-order chi connectivity index (χ1) is 16.6. The van der Waals surface area contributed by atoms with Crippen LogP contribution in [-0.4, -0.2) is 60.6 Å². The molecule has 2 N–H and O–H groups in total. The van der Waals surface area contributed by atoms with Crippen molar-refractivity contribution in [1.82, 2.24) is 15.3 Å². The van der Waals surface area contributed by atoms with E-state index >= 15 is 0 Å². The summed E-state index contributed by atoms with van der Waals surface area (Å²) in [6.07, 6.45) is 1.71. The Balaban J connectivity index is 1.38. The number of amides is 2. The lowest BCUT2D eigenvalue weighted by molar-refractivity contribution is 0.0930. The summed E-state index contributed by atoms with van der Waals surface area (Å²) in [5.41, 5.74) is 0.463. The zero-order chi connectivity index (χ0) is 25.2. The molecule has 3 heterocycles. The van der Waals surface area contributed by atoms with Gasteiger partial charge in [-0.2, -0.15) is 4.98 Å². The highest BCUT2D eigenvalue weighted by Crippen LogP contribution is 2.26. The van der Waals surface area contributed by atoms with Gasteiger partial charge in [0, 0.05) is 18.8 Å². The predicted octanol–water partition coefficient (Wildman–Crippen LogP) is 2.52. The van der Waals surface area contributed by atoms with Gasteiger partial charge in [-0.05, 0) is 42.5 Å². The maximum atomic E-state index is 14.7. The maximum Gasteiger partial charge on any atom is 0.415 e. The summed E-state index contributed by atoms with van der Waals surface area (Å²) in [6.45, 7) is 4.49. The minimum absolute atomic E-state index is 0.0192. The molecule has 0 aliphatic carbocycles. The van der Waals surface area contributed by atoms with E-state index in [4.69, 9.17) is 4.74 Å². The van der Waals surface area contributed by atoms with Crippen LogP contribution in [0.15, 0.2) is 30.5 Å². The number of cyclic esters (lactones) is 1. The smallest absolute Gasteiger partial charge is 0.415 e. The number of nitrogens with zero attached hydrogens (tertiary/aromatic N) is 3. The molecule has 12 heteroatoms. The normalized spacial score (nSPS) is 20.1. The standard InChI is InChI=1S/C23H28FN5O5S/c1-14(2)19-13-34-23(31)29(19)20-5-8-25-22(28-20)26-12-15-3-4-17(18(24)11-15)21(30)27-16-6-9-35(32,33)10-7-16/h3-5,8,11,14,16,19H,6-7,9-10,12-13H2,1-2H3,(H,27,30)(H,25,26,28). The summed E-state index contributed by atoms with van der Waals surface area (Å²) in [4.78, 5) is 34.7. The van der Waals surface area contributed by atoms with E-state index in [9.17, 15) is 22.4 Å². The second kappa shape index (κ2) is 10.1. The van der Waals surface area contributed by atoms with Gasteiger partial charge in [0.1, 0.15) is 28.1 Å². The Morgan fingerprint density at radius 1 is 1.26 bits per heavy atom. The lowest BCUT2D eigenvalue weighted by atomic mass is 10.0. The average Bonchev–Trinajstić information content (AvgIpc) is 3.21. The summed E-state index contributed by atoms with van der Waals surface area (Å²) in [5, 5.41) is 5.73. The topological polar surface area (TPSA) is 131 Å². The van der Waals surface area contributed by atoms with Gasteiger partial charge < -0.3 is 15.4 Å². The largest absolute Gasteiger partial charge is 0.447 e. The molecule has 0 saturated carbocycles. The lowest BCUT2D eigenvalue weighted by Gasteiger charge is -2.23. The highest BCUT2D eigenvalue weighted by molar-refractivity contribution is 7.91. The monoisotopic (exact) mass is 505 g/mol. The van der Waals surface area contributed by atoms with E-state index in [1.165, 1.54) is 23.2 Å². The fourth-order valence-electron chi connectivity index (χ4n) is 4.09. The highest BCUT2D eigenvalue weighted by Gasteiger charge is 2.37. The van der Waals surface area contributed by atoms with Crippen molar-refractivity contribution >= 4 is 33.6 Å². The Labute approximate surface area is 203 Å². The summed E-state index contributed by atoms with van der Waals surface area (Å²) in [7, 11) is -3.04. The van der Waals surface area contributed by atoms with Crippen molar-refractivity contribution in [3.63, 3.8) is 0 Å². The fraction of sp³-hybridized carbons (Fsp3) is 0.478. The third-order valence-electron chi connectivity index (χ3n) is 6.18. The number of rotatable bonds is 7. The van der Waals surface area contributed by atoms with Crippen molar-refractivity contribution in [2.75, 3.05) is 28.3 Å². The summed E-state index contributed by atoms with van der Waals surface area (Å²) >= 11 is 0. The zero-order valence-electron chi connectivity index (χ0n) is 19.5. The first-order valence-electron chi connectivity index (χ1n) is 11.5. The molecule has 1 aromatic carbocycles. The van der Waals surface area contributed by atoms with Crippen molar-refractivity contribution in [3.8, 4) is 0 Å². The minimum atomic E-state index is -3.04. The molecule has 0 bridgehead atoms. The number of aromatic nitrogens is 2. The number of hydrogen-bond donors (Lipinski definition) is 2. The number of carbonyl (C=O) groups is 2. The molecule has 35 heavy (non-hydrogen) atoms. The van der Waals surface area contributed by atoms with E-state index in [1.807, 2.05) is 13.8 Å². The highest BCUT2D eigenvalue weighted by atomic mass is 32.2. The molecule has 2 saturated heterocycles. The average molecular weight is 506 g/mol. The van der Waals surface area contributed by atoms with E-state index in [-0.39, 0.29) is 47.6 Å². The molecule has 2 amide bonds. The molecule has 2 fully saturated rings. The molecule has 0 spiro atoms. The van der Waals surface area contributed by atoms with Gasteiger partial charge in [-0.3, -0.25) is 9.69 Å². The summed E-state index contributed by atoms with van der Waals surface area (Å²) in [6, 6.07) is 5.47. The molecule has 0 radical (unpaired) electrons. The number of ether oxygens (including phenoxy) is 1. The fourth-order valence-corrected chi connectivity index (χ4v) is 5.58. The summed E-state index contributed by atoms with van der Waals surface area (Å²) in [5.74, 6) is -0.357. The van der Waals surface area contributed by atoms with Gasteiger partial charge in [0.05, 0.1) is 23.1 Å². The molecule has 1 aromatic heterocycles. The van der Waals surface area contributed by atoms with Crippen LogP contribution in [0.2, 0.25) is 0 Å². The lowest BCUT2D eigenvalue weighted by Crippen LogP contribution is -2.41. The second-order valence-electron chi connectivity index (χ2n) is 9.06. The number of hydrogen-bond acceptors (Lipinski definition) is 8. The number of benzene rings is 1. The Morgan fingerprint density at radius 2 is 2.00 bits per heavy atom. The summed E-state index contributed by atoms with van der Waals surface area (Å²) < 4.78 is 42.9. The van der Waals surface area contributed by atoms with Crippen LogP contribution in [0.4, 0.5) is 21.0 Å². The number of sulfone groups is 1. The van der Waals surface area contributed by atoms with Crippen LogP contribution in [0, 0.1) is 11.7 Å². The van der Waals surface area contributed by atoms with E-state index < -0.39 is 27.7 Å². The molecule has 2 aromatic rings. The zero-order valence-corrected chi connectivity index (χ0v) is 20.3. The second-order valence-corrected chi connectivity index (χ2v) is 11.4. The number of nitrogens with one attached hydrogen (secondary N) is 2. The Bertz CT molecular complexity index is 1210. The Hall–Kier alpha value is -3.28. The number of halogens is 1. The maximum absolute atomic E-state index is 14.7. The van der Waals surface area contributed by atoms with Crippen LogP contribution in [-0.2, 0) is 21.1 Å². The van der Waals surface area contributed by atoms with Crippen LogP contribution in [0.3, 0.4) is 0 Å². The molecule has 2 aliphatic rings. The van der Waals surface area contributed by atoms with Gasteiger partial charge in [-0.15, -0.1) is 0 Å². The molecular weight excluding hydrogens is 477 g/mol. The SMILES string of the molecule is CC(C)C1COC(=O)N1c1ccnc(NCc2ccc(C(=O)NC3CCS(=O)(=O)CC3)c(F)c2)n1. The molecule has 2 aliphatic heterocycles. The van der Waals surface area contributed by atoms with Crippen LogP contribution in [0.5, 0.6) is 0 Å². The van der Waals surface area contributed by atoms with Crippen molar-refractivity contribution in [2.45, 2.75) is 45.3 Å². The van der Waals surface area contributed by atoms with Gasteiger partial charge in [0.15, 0.2) is 0 Å². The van der Waals surface area contributed by atoms with Gasteiger partial charge in [0.2, 0.25) is 5.95 Å². The quantitative estimate of drug-likeness (QED) is 0.587. The van der Waals surface area contributed by atoms with Crippen LogP contribution in [0.25, 0.3) is 0 Å². The van der Waals surface area contributed by atoms with Gasteiger partial charge in [0.25, 0.3) is 5.91 Å². The third-order valence-corrected chi connectivity index (χ3v) is 7.90. The molecular formula is C23H28FN5O5S. The first kappa shape index (κ1) is 24.8.